The molecule has 0 aliphatic carbocycles. The Balaban J connectivity index is 2.03. The van der Waals surface area contributed by atoms with Crippen LogP contribution in [0.3, 0.4) is 0 Å². The van der Waals surface area contributed by atoms with Gasteiger partial charge in [0.1, 0.15) is 5.75 Å². The van der Waals surface area contributed by atoms with E-state index in [0.717, 1.165) is 23.1 Å². The van der Waals surface area contributed by atoms with Crippen molar-refractivity contribution in [2.75, 3.05) is 18.8 Å². The van der Waals surface area contributed by atoms with Crippen LogP contribution >= 0.6 is 0 Å². The van der Waals surface area contributed by atoms with E-state index >= 15 is 0 Å². The lowest BCUT2D eigenvalue weighted by Gasteiger charge is -2.30. The first-order chi connectivity index (χ1) is 8.87. The maximum absolute atomic E-state index is 12.0. The third kappa shape index (κ3) is 3.56. The summed E-state index contributed by atoms with van der Waals surface area (Å²) >= 11 is 0. The second kappa shape index (κ2) is 5.33. The summed E-state index contributed by atoms with van der Waals surface area (Å²) in [5.41, 5.74) is 2.96. The van der Waals surface area contributed by atoms with Gasteiger partial charge < -0.3 is 4.90 Å². The molecule has 1 aliphatic heterocycles. The third-order valence-corrected chi connectivity index (χ3v) is 4.97. The lowest BCUT2D eigenvalue weighted by atomic mass is 10.1. The average molecular weight is 281 g/mol. The van der Waals surface area contributed by atoms with Crippen molar-refractivity contribution in [3.63, 3.8) is 0 Å². The summed E-state index contributed by atoms with van der Waals surface area (Å²) in [5, 5.41) is 0. The molecular formula is C14H19NO3S. The normalized spacial score (nSPS) is 15.2. The Bertz CT molecular complexity index is 589. The minimum absolute atomic E-state index is 0.0618. The maximum Gasteiger partial charge on any atom is 0.237 e. The second-order valence-corrected chi connectivity index (χ2v) is 7.25. The van der Waals surface area contributed by atoms with Crippen molar-refractivity contribution in [2.24, 2.45) is 0 Å². The van der Waals surface area contributed by atoms with Gasteiger partial charge >= 0.3 is 0 Å². The molecule has 0 saturated carbocycles. The molecule has 0 spiro atoms. The molecule has 1 aromatic carbocycles. The van der Waals surface area contributed by atoms with Gasteiger partial charge in [0, 0.05) is 13.1 Å². The zero-order valence-corrected chi connectivity index (χ0v) is 12.2. The van der Waals surface area contributed by atoms with Crippen LogP contribution in [0.15, 0.2) is 18.2 Å². The number of carbonyl (C=O) groups excluding carboxylic acids is 1. The quantitative estimate of drug-likeness (QED) is 0.839. The smallest absolute Gasteiger partial charge is 0.237 e. The molecule has 1 aromatic rings. The van der Waals surface area contributed by atoms with Crippen molar-refractivity contribution in [3.8, 4) is 0 Å². The molecule has 19 heavy (non-hydrogen) atoms. The highest BCUT2D eigenvalue weighted by Gasteiger charge is 2.25. The summed E-state index contributed by atoms with van der Waals surface area (Å²) in [4.78, 5) is 13.3. The number of hydrogen-bond acceptors (Lipinski definition) is 3. The van der Waals surface area contributed by atoms with Crippen LogP contribution < -0.4 is 0 Å². The lowest BCUT2D eigenvalue weighted by Crippen LogP contribution is -2.44. The Morgan fingerprint density at radius 2 is 1.89 bits per heavy atom. The largest absolute Gasteiger partial charge is 0.342 e. The number of nitrogens with zero attached hydrogens (tertiary/aromatic N) is 1. The van der Waals surface area contributed by atoms with E-state index in [-0.39, 0.29) is 17.4 Å². The summed E-state index contributed by atoms with van der Waals surface area (Å²) in [6.45, 7) is 5.33. The number of likely N-dealkylation sites (tertiary alicyclic amines) is 1. The molecule has 0 atom stereocenters. The minimum Gasteiger partial charge on any atom is -0.342 e. The van der Waals surface area contributed by atoms with Crippen molar-refractivity contribution >= 4 is 15.7 Å². The van der Waals surface area contributed by atoms with Crippen LogP contribution in [0.4, 0.5) is 0 Å². The van der Waals surface area contributed by atoms with E-state index in [9.17, 15) is 13.2 Å². The fraction of sp³-hybridized carbons (Fsp3) is 0.500. The second-order valence-electron chi connectivity index (χ2n) is 5.19. The van der Waals surface area contributed by atoms with Crippen LogP contribution in [0.2, 0.25) is 0 Å². The van der Waals surface area contributed by atoms with Gasteiger partial charge in [-0.2, -0.15) is 0 Å². The van der Waals surface area contributed by atoms with Crippen molar-refractivity contribution in [1.82, 2.24) is 4.90 Å². The SMILES string of the molecule is Cc1ccc(CS(=O)(=O)CC(=O)N2CCC2)cc1C. The zero-order chi connectivity index (χ0) is 14.0. The monoisotopic (exact) mass is 281 g/mol. The molecule has 0 N–H and O–H groups in total. The Kier molecular flexibility index (Phi) is 3.94. The van der Waals surface area contributed by atoms with E-state index in [1.165, 1.54) is 0 Å². The van der Waals surface area contributed by atoms with Crippen LogP contribution in [0, 0.1) is 13.8 Å². The molecule has 104 valence electrons. The van der Waals surface area contributed by atoms with E-state index in [1.807, 2.05) is 32.0 Å². The molecule has 0 radical (unpaired) electrons. The Morgan fingerprint density at radius 1 is 1.21 bits per heavy atom. The van der Waals surface area contributed by atoms with Crippen LogP contribution in [0.5, 0.6) is 0 Å². The van der Waals surface area contributed by atoms with Crippen LogP contribution in [-0.4, -0.2) is 38.1 Å². The Morgan fingerprint density at radius 3 is 2.42 bits per heavy atom. The fourth-order valence-corrected chi connectivity index (χ4v) is 3.39. The fourth-order valence-electron chi connectivity index (χ4n) is 2.04. The van der Waals surface area contributed by atoms with Gasteiger partial charge in [-0.05, 0) is 37.0 Å². The predicted molar refractivity (Wildman–Crippen MR) is 74.6 cm³/mol. The van der Waals surface area contributed by atoms with Crippen LogP contribution in [0.25, 0.3) is 0 Å². The van der Waals surface area contributed by atoms with Crippen molar-refractivity contribution in [3.05, 3.63) is 34.9 Å². The van der Waals surface area contributed by atoms with Crippen LogP contribution in [0.1, 0.15) is 23.1 Å². The number of carbonyl (C=O) groups is 1. The maximum atomic E-state index is 12.0. The molecule has 2 rings (SSSR count). The van der Waals surface area contributed by atoms with Gasteiger partial charge in [-0.25, -0.2) is 8.42 Å². The van der Waals surface area contributed by atoms with E-state index in [4.69, 9.17) is 0 Å². The molecule has 5 heteroatoms. The van der Waals surface area contributed by atoms with Crippen molar-refractivity contribution in [1.29, 1.82) is 0 Å². The first-order valence-corrected chi connectivity index (χ1v) is 8.24. The van der Waals surface area contributed by atoms with Gasteiger partial charge in [-0.15, -0.1) is 0 Å². The molecule has 1 amide bonds. The molecule has 1 saturated heterocycles. The van der Waals surface area contributed by atoms with Gasteiger partial charge in [-0.3, -0.25) is 4.79 Å². The number of amides is 1. The highest BCUT2D eigenvalue weighted by molar-refractivity contribution is 7.91. The molecule has 1 fully saturated rings. The first kappa shape index (κ1) is 14.1. The van der Waals surface area contributed by atoms with Crippen LogP contribution in [-0.2, 0) is 20.4 Å². The van der Waals surface area contributed by atoms with Gasteiger partial charge in [0.15, 0.2) is 9.84 Å². The zero-order valence-electron chi connectivity index (χ0n) is 11.3. The number of sulfone groups is 1. The minimum atomic E-state index is -3.38. The lowest BCUT2D eigenvalue weighted by molar-refractivity contribution is -0.131. The molecule has 4 nitrogen and oxygen atoms in total. The van der Waals surface area contributed by atoms with Gasteiger partial charge in [0.2, 0.25) is 5.91 Å². The number of hydrogen-bond donors (Lipinski definition) is 0. The summed E-state index contributed by atoms with van der Waals surface area (Å²) in [5.74, 6) is -0.705. The molecule has 0 bridgehead atoms. The number of benzene rings is 1. The summed E-state index contributed by atoms with van der Waals surface area (Å²) in [7, 11) is -3.38. The summed E-state index contributed by atoms with van der Waals surface area (Å²) < 4.78 is 24.0. The summed E-state index contributed by atoms with van der Waals surface area (Å²) in [6.07, 6.45) is 0.975. The van der Waals surface area contributed by atoms with Gasteiger partial charge in [0.05, 0.1) is 5.75 Å². The van der Waals surface area contributed by atoms with Crippen molar-refractivity contribution in [2.45, 2.75) is 26.0 Å². The highest BCUT2D eigenvalue weighted by atomic mass is 32.2. The predicted octanol–water partition coefficient (Wildman–Crippen LogP) is 1.45. The van der Waals surface area contributed by atoms with E-state index in [2.05, 4.69) is 0 Å². The molecular weight excluding hydrogens is 262 g/mol. The first-order valence-electron chi connectivity index (χ1n) is 6.42. The standard InChI is InChI=1S/C14H19NO3S/c1-11-4-5-13(8-12(11)2)9-19(17,18)10-14(16)15-6-3-7-15/h4-5,8H,3,6-7,9-10H2,1-2H3. The number of rotatable bonds is 4. The third-order valence-electron chi connectivity index (χ3n) is 3.51. The molecule has 1 aliphatic rings. The van der Waals surface area contributed by atoms with E-state index in [0.29, 0.717) is 13.1 Å². The van der Waals surface area contributed by atoms with Gasteiger partial charge in [0.25, 0.3) is 0 Å². The molecule has 0 unspecified atom stereocenters. The molecule has 1 heterocycles. The summed E-state index contributed by atoms with van der Waals surface area (Å²) in [6, 6.07) is 5.60. The topological polar surface area (TPSA) is 54.5 Å². The highest BCUT2D eigenvalue weighted by Crippen LogP contribution is 2.14. The van der Waals surface area contributed by atoms with E-state index < -0.39 is 9.84 Å². The number of aryl methyl sites for hydroxylation is 2. The Hall–Kier alpha value is -1.36. The molecule has 0 aromatic heterocycles. The van der Waals surface area contributed by atoms with Gasteiger partial charge in [-0.1, -0.05) is 18.2 Å². The van der Waals surface area contributed by atoms with Crippen molar-refractivity contribution < 1.29 is 13.2 Å². The Labute approximate surface area is 114 Å². The average Bonchev–Trinajstić information content (AvgIpc) is 2.19. The van der Waals surface area contributed by atoms with E-state index in [1.54, 1.807) is 4.90 Å².